The molecule has 1 aliphatic rings. The van der Waals surface area contributed by atoms with Crippen LogP contribution < -0.4 is 4.74 Å². The molecule has 0 aliphatic heterocycles. The average molecular weight is 687 g/mol. The first kappa shape index (κ1) is 40.1. The van der Waals surface area contributed by atoms with Gasteiger partial charge in [0.25, 0.3) is 0 Å². The van der Waals surface area contributed by atoms with Crippen LogP contribution in [0.1, 0.15) is 185 Å². The van der Waals surface area contributed by atoms with Crippen molar-refractivity contribution in [3.63, 3.8) is 0 Å². The van der Waals surface area contributed by atoms with Crippen molar-refractivity contribution in [1.29, 1.82) is 0 Å². The van der Waals surface area contributed by atoms with E-state index in [0.29, 0.717) is 23.3 Å². The van der Waals surface area contributed by atoms with E-state index in [-0.39, 0.29) is 0 Å². The fourth-order valence-electron chi connectivity index (χ4n) is 7.87. The molecule has 3 nitrogen and oxygen atoms in total. The van der Waals surface area contributed by atoms with Gasteiger partial charge in [-0.3, -0.25) is 0 Å². The number of rotatable bonds is 27. The highest BCUT2D eigenvalue weighted by molar-refractivity contribution is 5.82. The number of fused-ring (bicyclic) bond motifs is 3. The standard InChI is InChI=1S/C46H67FO3/c1-3-4-5-6-7-8-9-10-11-12-13-14-15-16-17-18-19-20-21-22-23-24-27-35-45(2,48)50-40-33-34-42-41-31-25-26-32-43(41)46(49,44(42)37-40)38-29-28-30-39(47)36-38/h25-26,28-34,36-37,48-49H,3-24,27,35H2,1-2H3. The third kappa shape index (κ3) is 12.5. The lowest BCUT2D eigenvalue weighted by Crippen LogP contribution is -2.32. The molecule has 0 spiro atoms. The van der Waals surface area contributed by atoms with Crippen LogP contribution in [0.5, 0.6) is 5.75 Å². The molecule has 3 aromatic carbocycles. The number of ether oxygens (including phenoxy) is 1. The van der Waals surface area contributed by atoms with Crippen LogP contribution in [-0.4, -0.2) is 16.0 Å². The molecule has 0 saturated carbocycles. The summed E-state index contributed by atoms with van der Waals surface area (Å²) in [6, 6.07) is 19.4. The van der Waals surface area contributed by atoms with Crippen molar-refractivity contribution in [2.45, 2.75) is 179 Å². The molecule has 0 aromatic heterocycles. The van der Waals surface area contributed by atoms with Gasteiger partial charge < -0.3 is 14.9 Å². The maximum absolute atomic E-state index is 14.3. The molecule has 0 fully saturated rings. The molecule has 4 rings (SSSR count). The van der Waals surface area contributed by atoms with Gasteiger partial charge in [0.2, 0.25) is 5.79 Å². The number of halogens is 1. The van der Waals surface area contributed by atoms with Crippen LogP contribution in [0.3, 0.4) is 0 Å². The first-order chi connectivity index (χ1) is 24.3. The summed E-state index contributed by atoms with van der Waals surface area (Å²) in [7, 11) is 0. The van der Waals surface area contributed by atoms with E-state index in [1.165, 1.54) is 147 Å². The monoisotopic (exact) mass is 687 g/mol. The Kier molecular flexibility index (Phi) is 17.3. The molecular formula is C46H67FO3. The van der Waals surface area contributed by atoms with E-state index in [0.717, 1.165) is 29.5 Å². The van der Waals surface area contributed by atoms with Gasteiger partial charge in [0.15, 0.2) is 0 Å². The van der Waals surface area contributed by atoms with E-state index in [1.54, 1.807) is 25.1 Å². The zero-order valence-corrected chi connectivity index (χ0v) is 31.5. The minimum atomic E-state index is -1.51. The predicted octanol–water partition coefficient (Wildman–Crippen LogP) is 13.6. The van der Waals surface area contributed by atoms with Gasteiger partial charge in [-0.25, -0.2) is 4.39 Å². The second-order valence-electron chi connectivity index (χ2n) is 15.3. The van der Waals surface area contributed by atoms with Crippen molar-refractivity contribution >= 4 is 0 Å². The molecule has 0 saturated heterocycles. The molecule has 0 radical (unpaired) electrons. The van der Waals surface area contributed by atoms with E-state index < -0.39 is 17.2 Å². The summed E-state index contributed by atoms with van der Waals surface area (Å²) in [5.74, 6) is -1.22. The Morgan fingerprint density at radius 2 is 1.04 bits per heavy atom. The zero-order valence-electron chi connectivity index (χ0n) is 31.5. The van der Waals surface area contributed by atoms with Gasteiger partial charge in [-0.1, -0.05) is 191 Å². The quantitative estimate of drug-likeness (QED) is 0.0620. The smallest absolute Gasteiger partial charge is 0.205 e. The van der Waals surface area contributed by atoms with E-state index in [9.17, 15) is 14.6 Å². The fourth-order valence-corrected chi connectivity index (χ4v) is 7.87. The molecule has 2 N–H and O–H groups in total. The van der Waals surface area contributed by atoms with Gasteiger partial charge in [-0.15, -0.1) is 0 Å². The summed E-state index contributed by atoms with van der Waals surface area (Å²) in [4.78, 5) is 0. The van der Waals surface area contributed by atoms with Crippen molar-refractivity contribution in [3.05, 3.63) is 89.2 Å². The second-order valence-corrected chi connectivity index (χ2v) is 15.3. The van der Waals surface area contributed by atoms with Crippen LogP contribution in [0.2, 0.25) is 0 Å². The maximum Gasteiger partial charge on any atom is 0.205 e. The summed E-state index contributed by atoms with van der Waals surface area (Å²) in [5, 5.41) is 23.2. The summed E-state index contributed by atoms with van der Waals surface area (Å²) in [6.45, 7) is 4.00. The van der Waals surface area contributed by atoms with E-state index in [2.05, 4.69) is 6.92 Å². The van der Waals surface area contributed by atoms with Crippen LogP contribution in [-0.2, 0) is 5.60 Å². The van der Waals surface area contributed by atoms with E-state index in [4.69, 9.17) is 4.74 Å². The van der Waals surface area contributed by atoms with Crippen LogP contribution >= 0.6 is 0 Å². The fraction of sp³-hybridized carbons (Fsp3) is 0.609. The number of unbranched alkanes of at least 4 members (excludes halogenated alkanes) is 22. The number of aliphatic hydroxyl groups is 2. The van der Waals surface area contributed by atoms with Gasteiger partial charge in [-0.2, -0.15) is 0 Å². The Bertz CT molecular complexity index is 1380. The molecule has 4 heteroatoms. The normalized spacial score (nSPS) is 16.3. The minimum Gasteiger partial charge on any atom is -0.463 e. The molecule has 276 valence electrons. The second kappa shape index (κ2) is 21.6. The topological polar surface area (TPSA) is 49.7 Å². The Morgan fingerprint density at radius 1 is 0.560 bits per heavy atom. The van der Waals surface area contributed by atoms with Crippen molar-refractivity contribution < 1.29 is 19.3 Å². The minimum absolute atomic E-state index is 0.396. The third-order valence-electron chi connectivity index (χ3n) is 10.8. The third-order valence-corrected chi connectivity index (χ3v) is 10.8. The highest BCUT2D eigenvalue weighted by atomic mass is 19.1. The lowest BCUT2D eigenvalue weighted by atomic mass is 9.84. The molecular weight excluding hydrogens is 620 g/mol. The summed E-state index contributed by atoms with van der Waals surface area (Å²) >= 11 is 0. The number of hydrogen-bond donors (Lipinski definition) is 2. The number of benzene rings is 3. The SMILES string of the molecule is CCCCCCCCCCCCCCCCCCCCCCCCCC(C)(O)Oc1ccc2c(c1)C(O)(c1cccc(F)c1)c1ccccc1-2. The molecule has 0 bridgehead atoms. The van der Waals surface area contributed by atoms with Gasteiger partial charge in [0.05, 0.1) is 0 Å². The molecule has 1 aliphatic carbocycles. The van der Waals surface area contributed by atoms with Crippen molar-refractivity contribution in [3.8, 4) is 16.9 Å². The van der Waals surface area contributed by atoms with Gasteiger partial charge in [0.1, 0.15) is 17.2 Å². The number of hydrogen-bond acceptors (Lipinski definition) is 3. The van der Waals surface area contributed by atoms with Gasteiger partial charge in [-0.05, 0) is 47.4 Å². The first-order valence-electron chi connectivity index (χ1n) is 20.5. The lowest BCUT2D eigenvalue weighted by Gasteiger charge is -2.28. The Hall–Kier alpha value is -2.69. The summed E-state index contributed by atoms with van der Waals surface area (Å²) in [6.07, 6.45) is 31.8. The van der Waals surface area contributed by atoms with E-state index in [1.807, 2.05) is 36.4 Å². The first-order valence-corrected chi connectivity index (χ1v) is 20.5. The molecule has 2 unspecified atom stereocenters. The molecule has 3 aromatic rings. The zero-order chi connectivity index (χ0) is 35.5. The maximum atomic E-state index is 14.3. The summed E-state index contributed by atoms with van der Waals surface area (Å²) < 4.78 is 20.4. The van der Waals surface area contributed by atoms with E-state index >= 15 is 0 Å². The Morgan fingerprint density at radius 3 is 1.56 bits per heavy atom. The average Bonchev–Trinajstić information content (AvgIpc) is 3.36. The van der Waals surface area contributed by atoms with Crippen molar-refractivity contribution in [2.24, 2.45) is 0 Å². The van der Waals surface area contributed by atoms with Crippen LogP contribution in [0.25, 0.3) is 11.1 Å². The largest absolute Gasteiger partial charge is 0.463 e. The molecule has 0 heterocycles. The van der Waals surface area contributed by atoms with Crippen LogP contribution in [0.15, 0.2) is 66.7 Å². The Labute approximate surface area is 304 Å². The highest BCUT2D eigenvalue weighted by Gasteiger charge is 2.43. The van der Waals surface area contributed by atoms with Crippen molar-refractivity contribution in [1.82, 2.24) is 0 Å². The van der Waals surface area contributed by atoms with Gasteiger partial charge in [0, 0.05) is 24.5 Å². The van der Waals surface area contributed by atoms with Crippen molar-refractivity contribution in [2.75, 3.05) is 0 Å². The lowest BCUT2D eigenvalue weighted by molar-refractivity contribution is -0.128. The van der Waals surface area contributed by atoms with Gasteiger partial charge >= 0.3 is 0 Å². The van der Waals surface area contributed by atoms with Crippen LogP contribution in [0.4, 0.5) is 4.39 Å². The van der Waals surface area contributed by atoms with Crippen LogP contribution in [0, 0.1) is 5.82 Å². The molecule has 2 atom stereocenters. The molecule has 50 heavy (non-hydrogen) atoms. The molecule has 0 amide bonds. The predicted molar refractivity (Wildman–Crippen MR) is 208 cm³/mol. The summed E-state index contributed by atoms with van der Waals surface area (Å²) in [5.41, 5.74) is 2.11. The highest BCUT2D eigenvalue weighted by Crippen LogP contribution is 2.52. The Balaban J connectivity index is 1.03.